The molecule has 1 N–H and O–H groups in total. The van der Waals surface area contributed by atoms with Gasteiger partial charge >= 0.3 is 0 Å². The molecular weight excluding hydrogens is 268 g/mol. The van der Waals surface area contributed by atoms with Crippen molar-refractivity contribution in [2.24, 2.45) is 0 Å². The smallest absolute Gasteiger partial charge is 0.177 e. The van der Waals surface area contributed by atoms with Crippen LogP contribution in [0.25, 0.3) is 32.6 Å². The van der Waals surface area contributed by atoms with E-state index in [4.69, 9.17) is 0 Å². The Bertz CT molecular complexity index is 1020. The van der Waals surface area contributed by atoms with Crippen LogP contribution in [0.3, 0.4) is 0 Å². The molecule has 4 rings (SSSR count). The van der Waals surface area contributed by atoms with Gasteiger partial charge in [-0.05, 0) is 50.3 Å². The molecule has 2 heteroatoms. The summed E-state index contributed by atoms with van der Waals surface area (Å²) < 4.78 is 2.28. The maximum absolute atomic E-state index is 3.62. The van der Waals surface area contributed by atoms with Gasteiger partial charge in [-0.15, -0.1) is 0 Å². The Hall–Kier alpha value is -2.35. The van der Waals surface area contributed by atoms with Gasteiger partial charge < -0.3 is 4.98 Å². The highest BCUT2D eigenvalue weighted by Crippen LogP contribution is 2.35. The van der Waals surface area contributed by atoms with E-state index in [1.54, 1.807) is 0 Å². The van der Waals surface area contributed by atoms with Crippen molar-refractivity contribution in [1.29, 1.82) is 0 Å². The van der Waals surface area contributed by atoms with E-state index in [9.17, 15) is 0 Å². The highest BCUT2D eigenvalue weighted by molar-refractivity contribution is 6.16. The Morgan fingerprint density at radius 1 is 0.909 bits per heavy atom. The standard InChI is InChI=1S/C20H20N2/c1-12(2)22-10-9-15-13(3)19-16-7-5-6-8-18(16)21-20(19)14(4)17(15)11-22/h5-12H,1-4H3/p+1. The third-order valence-electron chi connectivity index (χ3n) is 4.84. The van der Waals surface area contributed by atoms with E-state index in [2.05, 4.69) is 80.0 Å². The lowest BCUT2D eigenvalue weighted by Crippen LogP contribution is -2.35. The zero-order valence-electron chi connectivity index (χ0n) is 13.6. The van der Waals surface area contributed by atoms with E-state index in [-0.39, 0.29) is 0 Å². The SMILES string of the molecule is Cc1c2c[n+](C(C)C)ccc2c(C)c2c1[nH]c1ccccc12. The third kappa shape index (κ3) is 1.70. The van der Waals surface area contributed by atoms with Crippen LogP contribution in [-0.4, -0.2) is 4.98 Å². The first-order chi connectivity index (χ1) is 10.6. The number of aromatic nitrogens is 2. The largest absolute Gasteiger partial charge is 0.354 e. The average molecular weight is 289 g/mol. The fraction of sp³-hybridized carbons (Fsp3) is 0.250. The highest BCUT2D eigenvalue weighted by atomic mass is 15.0. The minimum Gasteiger partial charge on any atom is -0.354 e. The number of rotatable bonds is 1. The first kappa shape index (κ1) is 13.3. The lowest BCUT2D eigenvalue weighted by Gasteiger charge is -2.09. The second-order valence-corrected chi connectivity index (χ2v) is 6.48. The molecule has 0 aliphatic carbocycles. The number of nitrogens with one attached hydrogen (secondary N) is 1. The Balaban J connectivity index is 2.23. The predicted molar refractivity (Wildman–Crippen MR) is 93.4 cm³/mol. The Kier molecular flexibility index (Phi) is 2.77. The number of fused-ring (bicyclic) bond motifs is 4. The minimum absolute atomic E-state index is 0.475. The number of pyridine rings is 1. The average Bonchev–Trinajstić information content (AvgIpc) is 2.92. The second-order valence-electron chi connectivity index (χ2n) is 6.48. The van der Waals surface area contributed by atoms with Crippen molar-refractivity contribution in [3.05, 3.63) is 53.9 Å². The molecule has 0 atom stereocenters. The van der Waals surface area contributed by atoms with Crippen molar-refractivity contribution in [1.82, 2.24) is 4.98 Å². The lowest BCUT2D eigenvalue weighted by atomic mass is 9.97. The monoisotopic (exact) mass is 289 g/mol. The normalized spacial score (nSPS) is 12.0. The molecule has 2 nitrogen and oxygen atoms in total. The number of aromatic amines is 1. The van der Waals surface area contributed by atoms with Gasteiger partial charge in [-0.3, -0.25) is 0 Å². The summed E-state index contributed by atoms with van der Waals surface area (Å²) in [4.78, 5) is 3.62. The zero-order chi connectivity index (χ0) is 15.4. The summed E-state index contributed by atoms with van der Waals surface area (Å²) in [6.07, 6.45) is 4.48. The third-order valence-corrected chi connectivity index (χ3v) is 4.84. The molecule has 0 radical (unpaired) electrons. The van der Waals surface area contributed by atoms with Crippen LogP contribution in [0, 0.1) is 13.8 Å². The van der Waals surface area contributed by atoms with E-state index in [0.29, 0.717) is 6.04 Å². The number of hydrogen-bond acceptors (Lipinski definition) is 0. The number of benzene rings is 2. The summed E-state index contributed by atoms with van der Waals surface area (Å²) in [5, 5.41) is 5.38. The van der Waals surface area contributed by atoms with Gasteiger partial charge in [0.05, 0.1) is 10.9 Å². The number of hydrogen-bond donors (Lipinski definition) is 1. The van der Waals surface area contributed by atoms with E-state index >= 15 is 0 Å². The van der Waals surface area contributed by atoms with Crippen LogP contribution < -0.4 is 4.57 Å². The second kappa shape index (κ2) is 4.57. The fourth-order valence-corrected chi connectivity index (χ4v) is 3.54. The lowest BCUT2D eigenvalue weighted by molar-refractivity contribution is -0.715. The molecule has 4 aromatic rings. The minimum atomic E-state index is 0.475. The van der Waals surface area contributed by atoms with E-state index in [1.165, 1.54) is 43.7 Å². The van der Waals surface area contributed by atoms with Crippen LogP contribution in [0.1, 0.15) is 31.0 Å². The van der Waals surface area contributed by atoms with Gasteiger partial charge in [-0.25, -0.2) is 4.57 Å². The van der Waals surface area contributed by atoms with Gasteiger partial charge in [-0.2, -0.15) is 0 Å². The van der Waals surface area contributed by atoms with Crippen molar-refractivity contribution < 1.29 is 4.57 Å². The number of para-hydroxylation sites is 1. The first-order valence-electron chi connectivity index (χ1n) is 7.92. The molecule has 2 aromatic heterocycles. The topological polar surface area (TPSA) is 19.7 Å². The van der Waals surface area contributed by atoms with Crippen molar-refractivity contribution in [2.45, 2.75) is 33.7 Å². The van der Waals surface area contributed by atoms with E-state index < -0.39 is 0 Å². The summed E-state index contributed by atoms with van der Waals surface area (Å²) in [6, 6.07) is 11.3. The number of aryl methyl sites for hydroxylation is 2. The van der Waals surface area contributed by atoms with Gasteiger partial charge in [0.25, 0.3) is 0 Å². The molecule has 2 aromatic carbocycles. The van der Waals surface area contributed by atoms with Gasteiger partial charge in [0.2, 0.25) is 0 Å². The van der Waals surface area contributed by atoms with Crippen LogP contribution in [0.5, 0.6) is 0 Å². The van der Waals surface area contributed by atoms with E-state index in [1.807, 2.05) is 0 Å². The molecule has 0 saturated heterocycles. The van der Waals surface area contributed by atoms with Crippen LogP contribution >= 0.6 is 0 Å². The molecule has 0 bridgehead atoms. The molecule has 0 aliphatic heterocycles. The first-order valence-corrected chi connectivity index (χ1v) is 7.92. The molecular formula is C20H21N2+. The summed E-state index contributed by atoms with van der Waals surface area (Å²) in [7, 11) is 0. The van der Waals surface area contributed by atoms with Gasteiger partial charge in [0, 0.05) is 22.4 Å². The summed E-state index contributed by atoms with van der Waals surface area (Å²) in [6.45, 7) is 8.90. The van der Waals surface area contributed by atoms with E-state index in [0.717, 1.165) is 0 Å². The molecule has 110 valence electrons. The van der Waals surface area contributed by atoms with Gasteiger partial charge in [0.15, 0.2) is 18.4 Å². The molecule has 0 spiro atoms. The van der Waals surface area contributed by atoms with Crippen molar-refractivity contribution >= 4 is 32.6 Å². The van der Waals surface area contributed by atoms with Crippen molar-refractivity contribution in [2.75, 3.05) is 0 Å². The van der Waals surface area contributed by atoms with Gasteiger partial charge in [-0.1, -0.05) is 18.2 Å². The van der Waals surface area contributed by atoms with Crippen LogP contribution in [-0.2, 0) is 0 Å². The molecule has 0 aliphatic rings. The quantitative estimate of drug-likeness (QED) is 0.478. The molecule has 22 heavy (non-hydrogen) atoms. The maximum atomic E-state index is 3.62. The Morgan fingerprint density at radius 2 is 1.68 bits per heavy atom. The molecule has 2 heterocycles. The Morgan fingerprint density at radius 3 is 2.45 bits per heavy atom. The summed E-state index contributed by atoms with van der Waals surface area (Å²) in [5.41, 5.74) is 5.19. The number of nitrogens with zero attached hydrogens (tertiary/aromatic N) is 1. The fourth-order valence-electron chi connectivity index (χ4n) is 3.54. The Labute approximate surface area is 130 Å². The molecule has 0 unspecified atom stereocenters. The van der Waals surface area contributed by atoms with Crippen molar-refractivity contribution in [3.8, 4) is 0 Å². The molecule has 0 amide bonds. The number of H-pyrrole nitrogens is 1. The highest BCUT2D eigenvalue weighted by Gasteiger charge is 2.16. The van der Waals surface area contributed by atoms with Gasteiger partial charge in [0.1, 0.15) is 0 Å². The summed E-state index contributed by atoms with van der Waals surface area (Å²) in [5.74, 6) is 0. The molecule has 0 saturated carbocycles. The maximum Gasteiger partial charge on any atom is 0.177 e. The predicted octanol–water partition coefficient (Wildman–Crippen LogP) is 4.96. The zero-order valence-corrected chi connectivity index (χ0v) is 13.6. The summed E-state index contributed by atoms with van der Waals surface area (Å²) >= 11 is 0. The van der Waals surface area contributed by atoms with Crippen LogP contribution in [0.15, 0.2) is 42.7 Å². The molecule has 0 fully saturated rings. The van der Waals surface area contributed by atoms with Crippen LogP contribution in [0.4, 0.5) is 0 Å². The van der Waals surface area contributed by atoms with Crippen LogP contribution in [0.2, 0.25) is 0 Å². The van der Waals surface area contributed by atoms with Crippen molar-refractivity contribution in [3.63, 3.8) is 0 Å².